The molecule has 1 rings (SSSR count). The van der Waals surface area contributed by atoms with Gasteiger partial charge in [0.1, 0.15) is 0 Å². The summed E-state index contributed by atoms with van der Waals surface area (Å²) in [4.78, 5) is 2.29. The molecule has 0 bridgehead atoms. The van der Waals surface area contributed by atoms with Crippen LogP contribution in [0.4, 0.5) is 0 Å². The van der Waals surface area contributed by atoms with Gasteiger partial charge in [-0.2, -0.15) is 0 Å². The normalized spacial score (nSPS) is 21.1. The maximum Gasteiger partial charge on any atom is 0.211 e. The molecule has 0 atom stereocenters. The van der Waals surface area contributed by atoms with Crippen molar-refractivity contribution >= 4 is 21.6 Å². The fourth-order valence-electron chi connectivity index (χ4n) is 2.08. The van der Waals surface area contributed by atoms with E-state index in [0.717, 1.165) is 32.4 Å². The van der Waals surface area contributed by atoms with E-state index in [2.05, 4.69) is 23.6 Å². The van der Waals surface area contributed by atoms with Crippen molar-refractivity contribution in [2.45, 2.75) is 32.6 Å². The van der Waals surface area contributed by atoms with Gasteiger partial charge in [-0.15, -0.1) is 11.6 Å². The molecule has 1 N–H and O–H groups in total. The quantitative estimate of drug-likeness (QED) is 0.574. The Morgan fingerprint density at radius 3 is 2.44 bits per heavy atom. The zero-order chi connectivity index (χ0) is 13.6. The molecule has 1 heterocycles. The van der Waals surface area contributed by atoms with Crippen molar-refractivity contribution < 1.29 is 8.42 Å². The first kappa shape index (κ1) is 16.2. The molecule has 0 aliphatic carbocycles. The maximum atomic E-state index is 11.8. The van der Waals surface area contributed by atoms with Crippen molar-refractivity contribution in [1.29, 1.82) is 0 Å². The molecule has 0 aromatic rings. The van der Waals surface area contributed by atoms with Crippen LogP contribution in [0.15, 0.2) is 0 Å². The maximum absolute atomic E-state index is 11.8. The molecule has 1 aliphatic heterocycles. The van der Waals surface area contributed by atoms with Crippen molar-refractivity contribution in [3.63, 3.8) is 0 Å². The molecule has 0 saturated carbocycles. The molecular weight excluding hydrogens is 272 g/mol. The van der Waals surface area contributed by atoms with E-state index in [1.165, 1.54) is 0 Å². The van der Waals surface area contributed by atoms with E-state index in [-0.39, 0.29) is 11.2 Å². The first-order valence-electron chi connectivity index (χ1n) is 6.59. The zero-order valence-electron chi connectivity index (χ0n) is 11.4. The lowest BCUT2D eigenvalue weighted by Gasteiger charge is -2.37. The Labute approximate surface area is 116 Å². The van der Waals surface area contributed by atoms with E-state index in [9.17, 15) is 8.42 Å². The van der Waals surface area contributed by atoms with Gasteiger partial charge >= 0.3 is 0 Å². The fourth-order valence-corrected chi connectivity index (χ4v) is 3.56. The molecule has 0 unspecified atom stereocenters. The van der Waals surface area contributed by atoms with E-state index in [1.54, 1.807) is 0 Å². The van der Waals surface area contributed by atoms with Gasteiger partial charge in [0, 0.05) is 12.4 Å². The fraction of sp³-hybridized carbons (Fsp3) is 1.00. The van der Waals surface area contributed by atoms with Gasteiger partial charge in [0.25, 0.3) is 0 Å². The van der Waals surface area contributed by atoms with Crippen molar-refractivity contribution in [2.75, 3.05) is 38.3 Å². The molecule has 1 saturated heterocycles. The number of alkyl halides is 1. The number of piperidine rings is 1. The number of nitrogens with zero attached hydrogens (tertiary/aromatic N) is 1. The summed E-state index contributed by atoms with van der Waals surface area (Å²) in [6.07, 6.45) is 3.49. The third kappa shape index (κ3) is 5.87. The number of hydrogen-bond acceptors (Lipinski definition) is 3. The zero-order valence-corrected chi connectivity index (χ0v) is 13.0. The van der Waals surface area contributed by atoms with Crippen LogP contribution < -0.4 is 4.72 Å². The Morgan fingerprint density at radius 2 is 1.89 bits per heavy atom. The number of rotatable bonds is 7. The first-order valence-corrected chi connectivity index (χ1v) is 8.77. The molecular formula is C12H25ClN2O2S. The van der Waals surface area contributed by atoms with Crippen LogP contribution in [0.5, 0.6) is 0 Å². The monoisotopic (exact) mass is 296 g/mol. The highest BCUT2D eigenvalue weighted by molar-refractivity contribution is 7.89. The molecule has 4 nitrogen and oxygen atoms in total. The highest BCUT2D eigenvalue weighted by atomic mass is 35.5. The lowest BCUT2D eigenvalue weighted by atomic mass is 9.81. The summed E-state index contributed by atoms with van der Waals surface area (Å²) < 4.78 is 26.3. The van der Waals surface area contributed by atoms with Crippen LogP contribution in [0.1, 0.15) is 32.6 Å². The molecule has 0 aromatic carbocycles. The minimum Gasteiger partial charge on any atom is -0.306 e. The molecule has 18 heavy (non-hydrogen) atoms. The second kappa shape index (κ2) is 7.08. The van der Waals surface area contributed by atoms with Crippen LogP contribution in [0.3, 0.4) is 0 Å². The number of likely N-dealkylation sites (tertiary alicyclic amines) is 1. The molecule has 108 valence electrons. The molecule has 0 spiro atoms. The molecule has 0 radical (unpaired) electrons. The van der Waals surface area contributed by atoms with Gasteiger partial charge in [0.2, 0.25) is 10.0 Å². The standard InChI is InChI=1S/C12H25ClN2O2S/c1-12(5-8-15(2)9-6-12)11-14-18(16,17)10-4-3-7-13/h14H,3-11H2,1-2H3. The van der Waals surface area contributed by atoms with E-state index < -0.39 is 10.0 Å². The van der Waals surface area contributed by atoms with Crippen LogP contribution in [-0.4, -0.2) is 51.6 Å². The Bertz CT molecular complexity index is 338. The van der Waals surface area contributed by atoms with E-state index in [0.29, 0.717) is 18.8 Å². The molecule has 1 aliphatic rings. The summed E-state index contributed by atoms with van der Waals surface area (Å²) in [5.74, 6) is 0.718. The largest absolute Gasteiger partial charge is 0.306 e. The second-order valence-corrected chi connectivity index (χ2v) is 7.95. The lowest BCUT2D eigenvalue weighted by molar-refractivity contribution is 0.143. The topological polar surface area (TPSA) is 49.4 Å². The minimum atomic E-state index is -3.13. The van der Waals surface area contributed by atoms with Crippen LogP contribution >= 0.6 is 11.6 Å². The minimum absolute atomic E-state index is 0.103. The van der Waals surface area contributed by atoms with Crippen molar-refractivity contribution in [2.24, 2.45) is 5.41 Å². The van der Waals surface area contributed by atoms with Gasteiger partial charge in [-0.1, -0.05) is 6.92 Å². The molecule has 1 fully saturated rings. The first-order chi connectivity index (χ1) is 8.37. The van der Waals surface area contributed by atoms with Gasteiger partial charge in [0.05, 0.1) is 5.75 Å². The summed E-state index contributed by atoms with van der Waals surface area (Å²) in [7, 11) is -1.02. The van der Waals surface area contributed by atoms with Gasteiger partial charge in [-0.25, -0.2) is 13.1 Å². The van der Waals surface area contributed by atoms with E-state index in [4.69, 9.17) is 11.6 Å². The van der Waals surface area contributed by atoms with Crippen LogP contribution in [0.25, 0.3) is 0 Å². The van der Waals surface area contributed by atoms with Gasteiger partial charge in [-0.05, 0) is 51.2 Å². The van der Waals surface area contributed by atoms with Crippen LogP contribution in [-0.2, 0) is 10.0 Å². The molecule has 0 amide bonds. The summed E-state index contributed by atoms with van der Waals surface area (Å²) in [6.45, 7) is 4.82. The van der Waals surface area contributed by atoms with Crippen molar-refractivity contribution in [3.8, 4) is 0 Å². The Kier molecular flexibility index (Phi) is 6.38. The van der Waals surface area contributed by atoms with E-state index in [1.807, 2.05) is 0 Å². The number of unbranched alkanes of at least 4 members (excludes halogenated alkanes) is 1. The predicted octanol–water partition coefficient (Wildman–Crippen LogP) is 1.66. The highest BCUT2D eigenvalue weighted by Crippen LogP contribution is 2.29. The Morgan fingerprint density at radius 1 is 1.28 bits per heavy atom. The SMILES string of the molecule is CN1CCC(C)(CNS(=O)(=O)CCCCCl)CC1. The second-order valence-electron chi connectivity index (χ2n) is 5.65. The lowest BCUT2D eigenvalue weighted by Crippen LogP contribution is -2.43. The smallest absolute Gasteiger partial charge is 0.211 e. The third-order valence-corrected chi connectivity index (χ3v) is 5.39. The number of nitrogens with one attached hydrogen (secondary N) is 1. The van der Waals surface area contributed by atoms with E-state index >= 15 is 0 Å². The van der Waals surface area contributed by atoms with Crippen LogP contribution in [0.2, 0.25) is 0 Å². The summed E-state index contributed by atoms with van der Waals surface area (Å²) in [5, 5.41) is 0. The predicted molar refractivity (Wildman–Crippen MR) is 76.6 cm³/mol. The number of hydrogen-bond donors (Lipinski definition) is 1. The summed E-state index contributed by atoms with van der Waals surface area (Å²) >= 11 is 5.55. The van der Waals surface area contributed by atoms with Crippen LogP contribution in [0, 0.1) is 5.41 Å². The van der Waals surface area contributed by atoms with Gasteiger partial charge < -0.3 is 4.90 Å². The summed E-state index contributed by atoms with van der Waals surface area (Å²) in [6, 6.07) is 0. The number of halogens is 1. The third-order valence-electron chi connectivity index (χ3n) is 3.71. The van der Waals surface area contributed by atoms with Gasteiger partial charge in [0.15, 0.2) is 0 Å². The molecule has 0 aromatic heterocycles. The van der Waals surface area contributed by atoms with Crippen molar-refractivity contribution in [1.82, 2.24) is 9.62 Å². The average Bonchev–Trinajstić information content (AvgIpc) is 2.32. The number of sulfonamides is 1. The molecule has 6 heteroatoms. The highest BCUT2D eigenvalue weighted by Gasteiger charge is 2.29. The van der Waals surface area contributed by atoms with Crippen molar-refractivity contribution in [3.05, 3.63) is 0 Å². The Balaban J connectivity index is 2.34. The van der Waals surface area contributed by atoms with Gasteiger partial charge in [-0.3, -0.25) is 0 Å². The average molecular weight is 297 g/mol. The summed E-state index contributed by atoms with van der Waals surface area (Å²) in [5.41, 5.74) is 0.103. The Hall–Kier alpha value is 0.160.